The Balaban J connectivity index is 1.55. The Hall–Kier alpha value is -1.80. The number of carbonyl (C=O) groups excluding carboxylic acids is 1. The fourth-order valence-electron chi connectivity index (χ4n) is 2.57. The van der Waals surface area contributed by atoms with Crippen molar-refractivity contribution in [3.8, 4) is 0 Å². The molecule has 0 aliphatic carbocycles. The molecule has 1 aromatic carbocycles. The highest BCUT2D eigenvalue weighted by molar-refractivity contribution is 5.73. The lowest BCUT2D eigenvalue weighted by Gasteiger charge is -2.26. The number of ether oxygens (including phenoxy) is 1. The van der Waals surface area contributed by atoms with Gasteiger partial charge in [-0.25, -0.2) is 4.79 Å². The van der Waals surface area contributed by atoms with Crippen LogP contribution in [0.4, 0.5) is 18.0 Å². The van der Waals surface area contributed by atoms with Gasteiger partial charge in [0, 0.05) is 26.2 Å². The normalized spacial score (nSPS) is 15.8. The van der Waals surface area contributed by atoms with Gasteiger partial charge >= 0.3 is 12.2 Å². The number of hydrogen-bond acceptors (Lipinski definition) is 3. The SMILES string of the molecule is O=C(NCCCN1CCOCC1)NCCc1ccc(C(F)(F)F)cc1. The Morgan fingerprint density at radius 2 is 1.72 bits per heavy atom. The van der Waals surface area contributed by atoms with E-state index >= 15 is 0 Å². The molecule has 0 atom stereocenters. The number of rotatable bonds is 7. The first-order valence-electron chi connectivity index (χ1n) is 8.43. The van der Waals surface area contributed by atoms with Gasteiger partial charge in [0.15, 0.2) is 0 Å². The molecule has 2 N–H and O–H groups in total. The number of nitrogens with one attached hydrogen (secondary N) is 2. The Bertz CT molecular complexity index is 529. The molecule has 0 radical (unpaired) electrons. The molecule has 2 rings (SSSR count). The van der Waals surface area contributed by atoms with Gasteiger partial charge in [-0.1, -0.05) is 12.1 Å². The summed E-state index contributed by atoms with van der Waals surface area (Å²) in [6.45, 7) is 5.27. The molecule has 2 amide bonds. The van der Waals surface area contributed by atoms with Crippen molar-refractivity contribution >= 4 is 6.03 Å². The van der Waals surface area contributed by atoms with E-state index in [0.717, 1.165) is 57.0 Å². The highest BCUT2D eigenvalue weighted by Gasteiger charge is 2.29. The van der Waals surface area contributed by atoms with Gasteiger partial charge in [0.05, 0.1) is 18.8 Å². The second kappa shape index (κ2) is 9.62. The van der Waals surface area contributed by atoms with E-state index in [4.69, 9.17) is 4.74 Å². The molecule has 8 heteroatoms. The maximum Gasteiger partial charge on any atom is 0.416 e. The molecule has 1 saturated heterocycles. The zero-order valence-electron chi connectivity index (χ0n) is 14.1. The molecule has 0 saturated carbocycles. The topological polar surface area (TPSA) is 53.6 Å². The predicted molar refractivity (Wildman–Crippen MR) is 88.4 cm³/mol. The van der Waals surface area contributed by atoms with Crippen molar-refractivity contribution < 1.29 is 22.7 Å². The zero-order valence-corrected chi connectivity index (χ0v) is 14.1. The molecule has 1 aliphatic rings. The summed E-state index contributed by atoms with van der Waals surface area (Å²) in [6.07, 6.45) is -2.97. The van der Waals surface area contributed by atoms with Gasteiger partial charge in [-0.2, -0.15) is 13.2 Å². The second-order valence-electron chi connectivity index (χ2n) is 5.93. The minimum atomic E-state index is -4.32. The zero-order chi connectivity index (χ0) is 18.1. The van der Waals surface area contributed by atoms with Crippen LogP contribution in [0.1, 0.15) is 17.5 Å². The van der Waals surface area contributed by atoms with E-state index in [0.29, 0.717) is 19.5 Å². The number of benzene rings is 1. The number of morpholine rings is 1. The Kier molecular flexibility index (Phi) is 7.52. The van der Waals surface area contributed by atoms with Gasteiger partial charge in [-0.3, -0.25) is 4.90 Å². The molecule has 1 aromatic rings. The molecule has 0 bridgehead atoms. The highest BCUT2D eigenvalue weighted by atomic mass is 19.4. The van der Waals surface area contributed by atoms with Gasteiger partial charge in [0.2, 0.25) is 0 Å². The van der Waals surface area contributed by atoms with Gasteiger partial charge in [-0.15, -0.1) is 0 Å². The maximum atomic E-state index is 12.5. The number of nitrogens with zero attached hydrogens (tertiary/aromatic N) is 1. The maximum absolute atomic E-state index is 12.5. The van der Waals surface area contributed by atoms with Gasteiger partial charge in [0.1, 0.15) is 0 Å². The van der Waals surface area contributed by atoms with E-state index in [1.54, 1.807) is 0 Å². The lowest BCUT2D eigenvalue weighted by molar-refractivity contribution is -0.137. The lowest BCUT2D eigenvalue weighted by Crippen LogP contribution is -2.40. The Morgan fingerprint density at radius 1 is 1.08 bits per heavy atom. The quantitative estimate of drug-likeness (QED) is 0.735. The van der Waals surface area contributed by atoms with Gasteiger partial charge < -0.3 is 15.4 Å². The van der Waals surface area contributed by atoms with Crippen LogP contribution in [0.5, 0.6) is 0 Å². The van der Waals surface area contributed by atoms with Crippen molar-refractivity contribution in [3.63, 3.8) is 0 Å². The first kappa shape index (κ1) is 19.5. The van der Waals surface area contributed by atoms with Crippen LogP contribution in [-0.2, 0) is 17.3 Å². The standard InChI is InChI=1S/C17H24F3N3O2/c18-17(19,20)15-4-2-14(3-5-15)6-8-22-16(24)21-7-1-9-23-10-12-25-13-11-23/h2-5H,1,6-13H2,(H2,21,22,24). The van der Waals surface area contributed by atoms with Gasteiger partial charge in [0.25, 0.3) is 0 Å². The largest absolute Gasteiger partial charge is 0.416 e. The Morgan fingerprint density at radius 3 is 2.36 bits per heavy atom. The molecule has 25 heavy (non-hydrogen) atoms. The second-order valence-corrected chi connectivity index (χ2v) is 5.93. The molecular formula is C17H24F3N3O2. The summed E-state index contributed by atoms with van der Waals surface area (Å²) in [5.41, 5.74) is 0.0860. The van der Waals surface area contributed by atoms with Crippen LogP contribution >= 0.6 is 0 Å². The third-order valence-corrected chi connectivity index (χ3v) is 4.02. The summed E-state index contributed by atoms with van der Waals surface area (Å²) in [5, 5.41) is 5.49. The van der Waals surface area contributed by atoms with E-state index in [2.05, 4.69) is 15.5 Å². The van der Waals surface area contributed by atoms with Gasteiger partial charge in [-0.05, 0) is 37.1 Å². The summed E-state index contributed by atoms with van der Waals surface area (Å²) in [6, 6.07) is 4.73. The summed E-state index contributed by atoms with van der Waals surface area (Å²) in [7, 11) is 0. The van der Waals surface area contributed by atoms with Crippen LogP contribution < -0.4 is 10.6 Å². The number of carbonyl (C=O) groups is 1. The molecule has 0 aromatic heterocycles. The van der Waals surface area contributed by atoms with Crippen molar-refractivity contribution in [2.45, 2.75) is 19.0 Å². The molecule has 140 valence electrons. The summed E-state index contributed by atoms with van der Waals surface area (Å²) >= 11 is 0. The number of amides is 2. The van der Waals surface area contributed by atoms with E-state index in [1.165, 1.54) is 12.1 Å². The molecule has 0 unspecified atom stereocenters. The van der Waals surface area contributed by atoms with E-state index in [9.17, 15) is 18.0 Å². The fraction of sp³-hybridized carbons (Fsp3) is 0.588. The van der Waals surface area contributed by atoms with Crippen molar-refractivity contribution in [2.75, 3.05) is 45.9 Å². The van der Waals surface area contributed by atoms with Crippen molar-refractivity contribution in [2.24, 2.45) is 0 Å². The van der Waals surface area contributed by atoms with Crippen LogP contribution in [0.3, 0.4) is 0 Å². The monoisotopic (exact) mass is 359 g/mol. The van der Waals surface area contributed by atoms with E-state index < -0.39 is 11.7 Å². The average Bonchev–Trinajstić information content (AvgIpc) is 2.59. The third kappa shape index (κ3) is 7.31. The van der Waals surface area contributed by atoms with Crippen LogP contribution in [0.2, 0.25) is 0 Å². The smallest absolute Gasteiger partial charge is 0.379 e. The first-order chi connectivity index (χ1) is 11.9. The first-order valence-corrected chi connectivity index (χ1v) is 8.43. The minimum Gasteiger partial charge on any atom is -0.379 e. The molecular weight excluding hydrogens is 335 g/mol. The predicted octanol–water partition coefficient (Wildman–Crippen LogP) is 2.27. The summed E-state index contributed by atoms with van der Waals surface area (Å²) in [5.74, 6) is 0. The molecule has 5 nitrogen and oxygen atoms in total. The van der Waals surface area contributed by atoms with E-state index in [-0.39, 0.29) is 6.03 Å². The molecule has 1 heterocycles. The van der Waals surface area contributed by atoms with Crippen LogP contribution in [-0.4, -0.2) is 56.9 Å². The minimum absolute atomic E-state index is 0.256. The number of hydrogen-bond donors (Lipinski definition) is 2. The summed E-state index contributed by atoms with van der Waals surface area (Å²) < 4.78 is 42.7. The van der Waals surface area contributed by atoms with Crippen molar-refractivity contribution in [1.29, 1.82) is 0 Å². The van der Waals surface area contributed by atoms with Crippen LogP contribution in [0.25, 0.3) is 0 Å². The van der Waals surface area contributed by atoms with Crippen molar-refractivity contribution in [3.05, 3.63) is 35.4 Å². The van der Waals surface area contributed by atoms with Crippen LogP contribution in [0, 0.1) is 0 Å². The molecule has 1 fully saturated rings. The lowest BCUT2D eigenvalue weighted by atomic mass is 10.1. The van der Waals surface area contributed by atoms with Crippen molar-refractivity contribution in [1.82, 2.24) is 15.5 Å². The average molecular weight is 359 g/mol. The number of alkyl halides is 3. The highest BCUT2D eigenvalue weighted by Crippen LogP contribution is 2.29. The number of halogens is 3. The number of urea groups is 1. The fourth-order valence-corrected chi connectivity index (χ4v) is 2.57. The van der Waals surface area contributed by atoms with E-state index in [1.807, 2.05) is 0 Å². The molecule has 0 spiro atoms. The third-order valence-electron chi connectivity index (χ3n) is 4.02. The molecule has 1 aliphatic heterocycles. The van der Waals surface area contributed by atoms with Crippen LogP contribution in [0.15, 0.2) is 24.3 Å². The summed E-state index contributed by atoms with van der Waals surface area (Å²) in [4.78, 5) is 14.0. The Labute approximate surface area is 145 Å².